The Morgan fingerprint density at radius 2 is 1.91 bits per heavy atom. The van der Waals surface area contributed by atoms with Crippen LogP contribution in [0.4, 0.5) is 0 Å². The lowest BCUT2D eigenvalue weighted by atomic mass is 10.1. The number of carbonyl (C=O) groups is 1. The molecule has 0 aromatic carbocycles. The predicted octanol–water partition coefficient (Wildman–Crippen LogP) is -0.678. The molecule has 126 valence electrons. The fourth-order valence-corrected chi connectivity index (χ4v) is 2.99. The van der Waals surface area contributed by atoms with Crippen molar-refractivity contribution >= 4 is 28.9 Å². The third-order valence-corrected chi connectivity index (χ3v) is 4.51. The lowest BCUT2D eigenvalue weighted by molar-refractivity contribution is -0.301. The smallest absolute Gasteiger partial charge is 0.332 e. The highest BCUT2D eigenvalue weighted by Crippen LogP contribution is 2.22. The summed E-state index contributed by atoms with van der Waals surface area (Å²) in [5.74, 6) is -1.07. The molecular weight excluding hydrogens is 320 g/mol. The number of carboxylic acid groups (broad SMARTS) is 1. The number of fused-ring (bicyclic) bond motifs is 1. The summed E-state index contributed by atoms with van der Waals surface area (Å²) < 4.78 is 4.03. The first-order chi connectivity index (χ1) is 10.7. The molecular formula is C14H19N4O4S-. The summed E-state index contributed by atoms with van der Waals surface area (Å²) in [6.07, 6.45) is 0.802. The second-order valence-electron chi connectivity index (χ2n) is 5.77. The summed E-state index contributed by atoms with van der Waals surface area (Å²) >= 11 is 0.988. The highest BCUT2D eigenvalue weighted by molar-refractivity contribution is 7.99. The maximum Gasteiger partial charge on any atom is 0.332 e. The summed E-state index contributed by atoms with van der Waals surface area (Å²) in [5.41, 5.74) is -0.314. The molecule has 0 aliphatic heterocycles. The van der Waals surface area contributed by atoms with E-state index in [0.29, 0.717) is 23.1 Å². The molecule has 0 unspecified atom stereocenters. The lowest BCUT2D eigenvalue weighted by Gasteiger charge is -2.11. The summed E-state index contributed by atoms with van der Waals surface area (Å²) in [4.78, 5) is 39.5. The van der Waals surface area contributed by atoms with Gasteiger partial charge in [-0.25, -0.2) is 9.78 Å². The molecule has 2 aromatic rings. The van der Waals surface area contributed by atoms with Crippen molar-refractivity contribution in [3.05, 3.63) is 20.8 Å². The highest BCUT2D eigenvalue weighted by Gasteiger charge is 2.19. The number of aryl methyl sites for hydroxylation is 2. The number of carboxylic acids is 1. The number of hydrogen-bond acceptors (Lipinski definition) is 6. The zero-order valence-electron chi connectivity index (χ0n) is 13.5. The van der Waals surface area contributed by atoms with Gasteiger partial charge in [-0.2, -0.15) is 0 Å². The van der Waals surface area contributed by atoms with Gasteiger partial charge in [0.05, 0.1) is 5.97 Å². The van der Waals surface area contributed by atoms with Gasteiger partial charge in [0.15, 0.2) is 16.3 Å². The molecule has 0 saturated heterocycles. The molecule has 0 spiro atoms. The van der Waals surface area contributed by atoms with Crippen molar-refractivity contribution in [3.63, 3.8) is 0 Å². The topological polar surface area (TPSA) is 102 Å². The first-order valence-electron chi connectivity index (χ1n) is 7.23. The first-order valence-corrected chi connectivity index (χ1v) is 8.21. The third-order valence-electron chi connectivity index (χ3n) is 3.56. The minimum Gasteiger partial charge on any atom is -0.549 e. The fraction of sp³-hybridized carbons (Fsp3) is 0.571. The Labute approximate surface area is 136 Å². The molecule has 9 heteroatoms. The van der Waals surface area contributed by atoms with Crippen LogP contribution in [0.5, 0.6) is 0 Å². The molecule has 2 rings (SSSR count). The molecule has 23 heavy (non-hydrogen) atoms. The number of aliphatic carboxylic acids is 1. The van der Waals surface area contributed by atoms with Gasteiger partial charge in [0.1, 0.15) is 0 Å². The van der Waals surface area contributed by atoms with E-state index in [1.165, 1.54) is 18.7 Å². The van der Waals surface area contributed by atoms with Crippen LogP contribution in [0, 0.1) is 5.92 Å². The van der Waals surface area contributed by atoms with Gasteiger partial charge in [-0.05, 0) is 12.3 Å². The Balaban J connectivity index is 2.69. The number of rotatable bonds is 6. The summed E-state index contributed by atoms with van der Waals surface area (Å²) in [6.45, 7) is 4.64. The van der Waals surface area contributed by atoms with Crippen molar-refractivity contribution in [3.8, 4) is 0 Å². The maximum absolute atomic E-state index is 12.5. The van der Waals surface area contributed by atoms with Crippen LogP contribution in [0.25, 0.3) is 11.2 Å². The Bertz CT molecular complexity index is 862. The van der Waals surface area contributed by atoms with Crippen LogP contribution in [0.15, 0.2) is 14.7 Å². The van der Waals surface area contributed by atoms with Crippen LogP contribution >= 0.6 is 11.8 Å². The van der Waals surface area contributed by atoms with E-state index in [0.717, 1.165) is 22.7 Å². The standard InChI is InChI=1S/C14H20N4O4S/c1-8(2)5-6-18-10-11(15-13(18)23-7-9(19)20)16(3)14(22)17(4)12(10)21/h8H,5-7H2,1-4H3,(H,19,20)/p-1. The van der Waals surface area contributed by atoms with E-state index in [4.69, 9.17) is 0 Å². The monoisotopic (exact) mass is 339 g/mol. The van der Waals surface area contributed by atoms with E-state index in [2.05, 4.69) is 18.8 Å². The van der Waals surface area contributed by atoms with Crippen LogP contribution in [0.1, 0.15) is 20.3 Å². The summed E-state index contributed by atoms with van der Waals surface area (Å²) in [7, 11) is 2.95. The van der Waals surface area contributed by atoms with Crippen molar-refractivity contribution in [1.29, 1.82) is 0 Å². The third kappa shape index (κ3) is 3.34. The summed E-state index contributed by atoms with van der Waals surface area (Å²) in [6, 6.07) is 0. The zero-order valence-corrected chi connectivity index (χ0v) is 14.3. The Morgan fingerprint density at radius 3 is 2.48 bits per heavy atom. The zero-order chi connectivity index (χ0) is 17.3. The van der Waals surface area contributed by atoms with E-state index in [-0.39, 0.29) is 11.4 Å². The molecule has 0 aliphatic rings. The van der Waals surface area contributed by atoms with Gasteiger partial charge in [0, 0.05) is 26.4 Å². The van der Waals surface area contributed by atoms with E-state index >= 15 is 0 Å². The second kappa shape index (κ2) is 6.61. The number of nitrogens with zero attached hydrogens (tertiary/aromatic N) is 4. The van der Waals surface area contributed by atoms with Crippen molar-refractivity contribution in [1.82, 2.24) is 18.7 Å². The molecule has 0 radical (unpaired) electrons. The van der Waals surface area contributed by atoms with E-state index < -0.39 is 17.2 Å². The molecule has 2 aromatic heterocycles. The average molecular weight is 339 g/mol. The molecule has 0 fully saturated rings. The van der Waals surface area contributed by atoms with Gasteiger partial charge in [-0.1, -0.05) is 25.6 Å². The van der Waals surface area contributed by atoms with E-state index in [1.807, 2.05) is 0 Å². The fourth-order valence-electron chi connectivity index (χ4n) is 2.25. The molecule has 0 amide bonds. The van der Waals surface area contributed by atoms with Gasteiger partial charge in [-0.15, -0.1) is 0 Å². The normalized spacial score (nSPS) is 11.5. The Hall–Kier alpha value is -2.03. The molecule has 0 bridgehead atoms. The van der Waals surface area contributed by atoms with Crippen molar-refractivity contribution in [2.24, 2.45) is 20.0 Å². The Kier molecular flexibility index (Phi) is 4.98. The van der Waals surface area contributed by atoms with Gasteiger partial charge in [0.2, 0.25) is 0 Å². The SMILES string of the molecule is CC(C)CCn1c(SCC(=O)[O-])nc2c1c(=O)n(C)c(=O)n2C. The minimum atomic E-state index is -1.21. The van der Waals surface area contributed by atoms with E-state index in [1.54, 1.807) is 4.57 Å². The van der Waals surface area contributed by atoms with Crippen molar-refractivity contribution in [2.75, 3.05) is 5.75 Å². The molecule has 0 N–H and O–H groups in total. The van der Waals surface area contributed by atoms with Gasteiger partial charge < -0.3 is 14.5 Å². The lowest BCUT2D eigenvalue weighted by Crippen LogP contribution is -2.37. The van der Waals surface area contributed by atoms with Crippen LogP contribution in [-0.4, -0.2) is 30.4 Å². The van der Waals surface area contributed by atoms with Crippen LogP contribution in [0.2, 0.25) is 0 Å². The number of hydrogen-bond donors (Lipinski definition) is 0. The highest BCUT2D eigenvalue weighted by atomic mass is 32.2. The van der Waals surface area contributed by atoms with Crippen LogP contribution in [0.3, 0.4) is 0 Å². The largest absolute Gasteiger partial charge is 0.549 e. The average Bonchev–Trinajstić information content (AvgIpc) is 2.85. The van der Waals surface area contributed by atoms with Crippen molar-refractivity contribution < 1.29 is 9.90 Å². The molecule has 0 atom stereocenters. The molecule has 2 heterocycles. The number of carbonyl (C=O) groups excluding carboxylic acids is 1. The van der Waals surface area contributed by atoms with E-state index in [9.17, 15) is 19.5 Å². The minimum absolute atomic E-state index is 0.265. The van der Waals surface area contributed by atoms with Gasteiger partial charge >= 0.3 is 5.69 Å². The number of aromatic nitrogens is 4. The van der Waals surface area contributed by atoms with Gasteiger partial charge in [0.25, 0.3) is 5.56 Å². The quantitative estimate of drug-likeness (QED) is 0.646. The molecule has 0 aliphatic carbocycles. The first kappa shape index (κ1) is 17.3. The van der Waals surface area contributed by atoms with Crippen LogP contribution < -0.4 is 16.4 Å². The predicted molar refractivity (Wildman–Crippen MR) is 85.4 cm³/mol. The maximum atomic E-state index is 12.5. The van der Waals surface area contributed by atoms with Crippen molar-refractivity contribution in [2.45, 2.75) is 32.0 Å². The molecule has 8 nitrogen and oxygen atoms in total. The molecule has 0 saturated carbocycles. The number of imidazole rings is 1. The van der Waals surface area contributed by atoms with Gasteiger partial charge in [-0.3, -0.25) is 13.9 Å². The Morgan fingerprint density at radius 1 is 1.26 bits per heavy atom. The van der Waals surface area contributed by atoms with Crippen LogP contribution in [-0.2, 0) is 25.4 Å². The second-order valence-corrected chi connectivity index (χ2v) is 6.71. The summed E-state index contributed by atoms with van der Waals surface area (Å²) in [5, 5.41) is 11.1. The number of thioether (sulfide) groups is 1.